The van der Waals surface area contributed by atoms with Crippen molar-refractivity contribution in [1.29, 1.82) is 0 Å². The highest BCUT2D eigenvalue weighted by molar-refractivity contribution is 14.1. The molecule has 1 heterocycles. The van der Waals surface area contributed by atoms with E-state index in [2.05, 4.69) is 28.7 Å². The lowest BCUT2D eigenvalue weighted by Gasteiger charge is -2.30. The summed E-state index contributed by atoms with van der Waals surface area (Å²) in [4.78, 5) is 14.0. The summed E-state index contributed by atoms with van der Waals surface area (Å²) < 4.78 is 10.2. The largest absolute Gasteiger partial charge is 0.468 e. The van der Waals surface area contributed by atoms with Crippen LogP contribution in [0, 0.1) is 0 Å². The minimum Gasteiger partial charge on any atom is -0.468 e. The predicted molar refractivity (Wildman–Crippen MR) is 91.7 cm³/mol. The number of halogens is 2. The van der Waals surface area contributed by atoms with Gasteiger partial charge < -0.3 is 14.4 Å². The van der Waals surface area contributed by atoms with Gasteiger partial charge >= 0.3 is 0 Å². The highest BCUT2D eigenvalue weighted by Crippen LogP contribution is 2.34. The Morgan fingerprint density at radius 1 is 1.48 bits per heavy atom. The third-order valence-electron chi connectivity index (χ3n) is 3.22. The lowest BCUT2D eigenvalue weighted by molar-refractivity contribution is -0.127. The van der Waals surface area contributed by atoms with Crippen LogP contribution in [0.2, 0.25) is 5.02 Å². The van der Waals surface area contributed by atoms with Crippen molar-refractivity contribution in [2.75, 3.05) is 20.4 Å². The Morgan fingerprint density at radius 2 is 2.24 bits per heavy atom. The van der Waals surface area contributed by atoms with Gasteiger partial charge in [0.15, 0.2) is 6.79 Å². The molecule has 0 N–H and O–H groups in total. The number of carbonyl (C=O) groups is 1. The van der Waals surface area contributed by atoms with E-state index in [1.807, 2.05) is 19.1 Å². The van der Waals surface area contributed by atoms with Crippen LogP contribution in [0.1, 0.15) is 18.9 Å². The molecule has 0 saturated carbocycles. The quantitative estimate of drug-likeness (QED) is 0.413. The topological polar surface area (TPSA) is 38.8 Å². The van der Waals surface area contributed by atoms with Crippen LogP contribution in [-0.4, -0.2) is 35.2 Å². The van der Waals surface area contributed by atoms with Crippen LogP contribution in [0.4, 0.5) is 0 Å². The van der Waals surface area contributed by atoms with Crippen LogP contribution in [0.5, 0.6) is 5.75 Å². The molecule has 114 valence electrons. The molecule has 1 aromatic carbocycles. The number of carbonyl (C=O) groups excluding carboxylic acids is 1. The summed E-state index contributed by atoms with van der Waals surface area (Å²) in [6, 6.07) is 5.45. The van der Waals surface area contributed by atoms with Crippen LogP contribution >= 0.6 is 34.2 Å². The molecule has 21 heavy (non-hydrogen) atoms. The SMILES string of the molecule is CCN1C(=O)C(I)CC=C1c1ccc(OCOC)cc1Cl. The number of rotatable bonds is 5. The van der Waals surface area contributed by atoms with Crippen molar-refractivity contribution in [2.45, 2.75) is 17.3 Å². The highest BCUT2D eigenvalue weighted by Gasteiger charge is 2.28. The minimum atomic E-state index is -0.00520. The summed E-state index contributed by atoms with van der Waals surface area (Å²) in [5, 5.41) is 0.563. The van der Waals surface area contributed by atoms with Gasteiger partial charge in [-0.3, -0.25) is 4.79 Å². The van der Waals surface area contributed by atoms with Crippen molar-refractivity contribution in [3.8, 4) is 5.75 Å². The maximum Gasteiger partial charge on any atom is 0.240 e. The molecule has 1 aliphatic rings. The molecule has 0 saturated heterocycles. The number of benzene rings is 1. The molecule has 0 spiro atoms. The summed E-state index contributed by atoms with van der Waals surface area (Å²) in [6.07, 6.45) is 2.79. The van der Waals surface area contributed by atoms with E-state index in [1.165, 1.54) is 0 Å². The molecule has 0 bridgehead atoms. The van der Waals surface area contributed by atoms with Crippen LogP contribution in [-0.2, 0) is 9.53 Å². The number of hydrogen-bond acceptors (Lipinski definition) is 3. The monoisotopic (exact) mass is 421 g/mol. The van der Waals surface area contributed by atoms with E-state index in [4.69, 9.17) is 21.1 Å². The standard InChI is InChI=1S/C15H17ClINO3/c1-3-18-14(7-6-13(17)15(18)19)11-5-4-10(8-12(11)16)21-9-20-2/h4-5,7-8,13H,3,6,9H2,1-2H3. The highest BCUT2D eigenvalue weighted by atomic mass is 127. The second kappa shape index (κ2) is 7.47. The fourth-order valence-electron chi connectivity index (χ4n) is 2.22. The van der Waals surface area contributed by atoms with Gasteiger partial charge in [0.1, 0.15) is 5.75 Å². The van der Waals surface area contributed by atoms with E-state index >= 15 is 0 Å². The molecule has 2 rings (SSSR count). The molecule has 0 aromatic heterocycles. The van der Waals surface area contributed by atoms with Crippen LogP contribution in [0.25, 0.3) is 5.70 Å². The summed E-state index contributed by atoms with van der Waals surface area (Å²) in [5.74, 6) is 0.773. The van der Waals surface area contributed by atoms with Gasteiger partial charge in [0.2, 0.25) is 5.91 Å². The molecule has 0 radical (unpaired) electrons. The van der Waals surface area contributed by atoms with Crippen LogP contribution in [0.15, 0.2) is 24.3 Å². The Bertz CT molecular complexity index is 562. The molecule has 1 unspecified atom stereocenters. The zero-order valence-electron chi connectivity index (χ0n) is 11.9. The van der Waals surface area contributed by atoms with Crippen molar-refractivity contribution in [3.63, 3.8) is 0 Å². The first-order chi connectivity index (χ1) is 10.1. The van der Waals surface area contributed by atoms with E-state index in [0.717, 1.165) is 17.7 Å². The fourth-order valence-corrected chi connectivity index (χ4v) is 3.07. The van der Waals surface area contributed by atoms with Gasteiger partial charge in [-0.1, -0.05) is 40.3 Å². The maximum absolute atomic E-state index is 12.3. The third kappa shape index (κ3) is 3.70. The average Bonchev–Trinajstić information content (AvgIpc) is 2.48. The normalized spacial score (nSPS) is 18.7. The zero-order chi connectivity index (χ0) is 15.4. The first kappa shape index (κ1) is 16.6. The second-order valence-electron chi connectivity index (χ2n) is 4.57. The van der Waals surface area contributed by atoms with Gasteiger partial charge in [0, 0.05) is 24.9 Å². The Kier molecular flexibility index (Phi) is 5.89. The van der Waals surface area contributed by atoms with Gasteiger partial charge in [0.05, 0.1) is 8.95 Å². The molecule has 1 aromatic rings. The summed E-state index contributed by atoms with van der Waals surface area (Å²) >= 11 is 8.52. The summed E-state index contributed by atoms with van der Waals surface area (Å²) in [6.45, 7) is 2.77. The minimum absolute atomic E-state index is 0.00520. The van der Waals surface area contributed by atoms with Crippen molar-refractivity contribution in [3.05, 3.63) is 34.9 Å². The number of hydrogen-bond donors (Lipinski definition) is 0. The van der Waals surface area contributed by atoms with Crippen molar-refractivity contribution in [1.82, 2.24) is 4.90 Å². The molecule has 4 nitrogen and oxygen atoms in total. The van der Waals surface area contributed by atoms with Gasteiger partial charge in [-0.15, -0.1) is 0 Å². The Balaban J connectivity index is 2.30. The number of ether oxygens (including phenoxy) is 2. The molecule has 1 atom stereocenters. The van der Waals surface area contributed by atoms with Gasteiger partial charge in [0.25, 0.3) is 0 Å². The van der Waals surface area contributed by atoms with E-state index in [0.29, 0.717) is 17.3 Å². The molecule has 0 fully saturated rings. The average molecular weight is 422 g/mol. The number of allylic oxidation sites excluding steroid dienone is 1. The van der Waals surface area contributed by atoms with Crippen molar-refractivity contribution in [2.24, 2.45) is 0 Å². The van der Waals surface area contributed by atoms with Crippen molar-refractivity contribution >= 4 is 45.8 Å². The fraction of sp³-hybridized carbons (Fsp3) is 0.400. The lowest BCUT2D eigenvalue weighted by atomic mass is 10.0. The number of nitrogens with zero attached hydrogens (tertiary/aromatic N) is 1. The summed E-state index contributed by atoms with van der Waals surface area (Å²) in [5.41, 5.74) is 1.72. The van der Waals surface area contributed by atoms with E-state index in [1.54, 1.807) is 18.1 Å². The van der Waals surface area contributed by atoms with E-state index in [-0.39, 0.29) is 16.6 Å². The van der Waals surface area contributed by atoms with E-state index in [9.17, 15) is 4.79 Å². The second-order valence-corrected chi connectivity index (χ2v) is 6.48. The van der Waals surface area contributed by atoms with E-state index < -0.39 is 0 Å². The molecule has 1 aliphatic heterocycles. The molecule has 6 heteroatoms. The van der Waals surface area contributed by atoms with Gasteiger partial charge in [-0.05, 0) is 31.5 Å². The molecule has 1 amide bonds. The Morgan fingerprint density at radius 3 is 2.86 bits per heavy atom. The van der Waals surface area contributed by atoms with Crippen molar-refractivity contribution < 1.29 is 14.3 Å². The smallest absolute Gasteiger partial charge is 0.240 e. The maximum atomic E-state index is 12.3. The van der Waals surface area contributed by atoms with Crippen LogP contribution < -0.4 is 4.74 Å². The predicted octanol–water partition coefficient (Wildman–Crippen LogP) is 3.72. The summed E-state index contributed by atoms with van der Waals surface area (Å²) in [7, 11) is 1.56. The third-order valence-corrected chi connectivity index (χ3v) is 4.57. The molecular weight excluding hydrogens is 405 g/mol. The Labute approximate surface area is 143 Å². The first-order valence-corrected chi connectivity index (χ1v) is 8.28. The van der Waals surface area contributed by atoms with Gasteiger partial charge in [-0.2, -0.15) is 0 Å². The molecular formula is C15H17ClINO3. The number of alkyl halides is 1. The lowest BCUT2D eigenvalue weighted by Crippen LogP contribution is -2.38. The number of amides is 1. The van der Waals surface area contributed by atoms with Gasteiger partial charge in [-0.25, -0.2) is 0 Å². The van der Waals surface area contributed by atoms with Crippen LogP contribution in [0.3, 0.4) is 0 Å². The number of methoxy groups -OCH3 is 1. The Hall–Kier alpha value is -0.790. The first-order valence-electron chi connectivity index (χ1n) is 6.65. The zero-order valence-corrected chi connectivity index (χ0v) is 14.8. The molecule has 0 aliphatic carbocycles.